The summed E-state index contributed by atoms with van der Waals surface area (Å²) in [6.45, 7) is 6.15. The van der Waals surface area contributed by atoms with Crippen molar-refractivity contribution in [1.29, 1.82) is 0 Å². The van der Waals surface area contributed by atoms with Gasteiger partial charge in [0.05, 0.1) is 6.61 Å². The van der Waals surface area contributed by atoms with E-state index in [4.69, 9.17) is 10.2 Å². The van der Waals surface area contributed by atoms with Crippen LogP contribution in [-0.4, -0.2) is 39.9 Å². The van der Waals surface area contributed by atoms with Gasteiger partial charge in [-0.1, -0.05) is 0 Å². The van der Waals surface area contributed by atoms with E-state index in [0.717, 1.165) is 12.8 Å². The molecule has 1 aliphatic rings. The van der Waals surface area contributed by atoms with Crippen molar-refractivity contribution in [2.45, 2.75) is 39.2 Å². The molecule has 2 N–H and O–H groups in total. The van der Waals surface area contributed by atoms with Crippen LogP contribution in [0.15, 0.2) is 0 Å². The molecular formula is C10H19NO3. The average Bonchev–Trinajstić information content (AvgIpc) is 2.78. The second kappa shape index (κ2) is 3.42. The van der Waals surface area contributed by atoms with Crippen LogP contribution in [0.1, 0.15) is 33.6 Å². The number of nitrogens with zero attached hydrogens (tertiary/aromatic N) is 1. The predicted molar refractivity (Wildman–Crippen MR) is 53.2 cm³/mol. The van der Waals surface area contributed by atoms with Gasteiger partial charge in [-0.15, -0.1) is 0 Å². The molecule has 1 fully saturated rings. The fourth-order valence-corrected chi connectivity index (χ4v) is 1.47. The van der Waals surface area contributed by atoms with E-state index in [1.54, 1.807) is 0 Å². The summed E-state index contributed by atoms with van der Waals surface area (Å²) in [4.78, 5) is 12.4. The normalized spacial score (nSPS) is 19.1. The maximum atomic E-state index is 11.0. The second-order valence-electron chi connectivity index (χ2n) is 5.20. The molecule has 0 aromatic heterocycles. The molecular weight excluding hydrogens is 182 g/mol. The van der Waals surface area contributed by atoms with Crippen molar-refractivity contribution in [3.8, 4) is 0 Å². The minimum Gasteiger partial charge on any atom is -0.465 e. The van der Waals surface area contributed by atoms with Gasteiger partial charge in [-0.05, 0) is 33.6 Å². The lowest BCUT2D eigenvalue weighted by molar-refractivity contribution is 0.0716. The summed E-state index contributed by atoms with van der Waals surface area (Å²) in [5.74, 6) is 0. The van der Waals surface area contributed by atoms with Gasteiger partial charge in [-0.25, -0.2) is 4.79 Å². The fourth-order valence-electron chi connectivity index (χ4n) is 1.47. The molecule has 0 heterocycles. The van der Waals surface area contributed by atoms with Gasteiger partial charge >= 0.3 is 6.09 Å². The highest BCUT2D eigenvalue weighted by molar-refractivity contribution is 5.66. The summed E-state index contributed by atoms with van der Waals surface area (Å²) in [6, 6.07) is 0. The number of aliphatic hydroxyl groups excluding tert-OH is 1. The lowest BCUT2D eigenvalue weighted by Gasteiger charge is -2.35. The number of carboxylic acid groups (broad SMARTS) is 1. The minimum absolute atomic E-state index is 0.0901. The first kappa shape index (κ1) is 11.3. The number of carbonyl (C=O) groups is 1. The first-order chi connectivity index (χ1) is 6.31. The van der Waals surface area contributed by atoms with Gasteiger partial charge in [0.15, 0.2) is 0 Å². The second-order valence-corrected chi connectivity index (χ2v) is 5.20. The van der Waals surface area contributed by atoms with Crippen molar-refractivity contribution < 1.29 is 15.0 Å². The molecule has 4 nitrogen and oxygen atoms in total. The van der Waals surface area contributed by atoms with E-state index < -0.39 is 11.6 Å². The quantitative estimate of drug-likeness (QED) is 0.728. The van der Waals surface area contributed by atoms with Crippen LogP contribution >= 0.6 is 0 Å². The zero-order valence-corrected chi connectivity index (χ0v) is 9.08. The number of hydrogen-bond acceptors (Lipinski definition) is 2. The maximum absolute atomic E-state index is 11.0. The molecule has 1 rings (SSSR count). The Labute approximate surface area is 84.5 Å². The zero-order chi connectivity index (χ0) is 11.0. The smallest absolute Gasteiger partial charge is 0.407 e. The van der Waals surface area contributed by atoms with Gasteiger partial charge < -0.3 is 15.1 Å². The fraction of sp³-hybridized carbons (Fsp3) is 0.900. The number of aliphatic hydroxyl groups is 1. The predicted octanol–water partition coefficient (Wildman–Crippen LogP) is 1.54. The molecule has 0 unspecified atom stereocenters. The molecule has 0 bridgehead atoms. The van der Waals surface area contributed by atoms with Crippen LogP contribution in [0.25, 0.3) is 0 Å². The Morgan fingerprint density at radius 2 is 1.93 bits per heavy atom. The minimum atomic E-state index is -0.905. The first-order valence-electron chi connectivity index (χ1n) is 4.92. The van der Waals surface area contributed by atoms with E-state index in [1.165, 1.54) is 4.90 Å². The highest BCUT2D eigenvalue weighted by Gasteiger charge is 2.46. The number of rotatable bonds is 3. The van der Waals surface area contributed by atoms with Crippen LogP contribution < -0.4 is 0 Å². The molecule has 82 valence electrons. The highest BCUT2D eigenvalue weighted by atomic mass is 16.4. The molecule has 1 saturated carbocycles. The third kappa shape index (κ3) is 2.38. The molecule has 0 aromatic rings. The SMILES string of the molecule is CC(C)(C)N(CC1(CO)CC1)C(=O)O. The third-order valence-electron chi connectivity index (χ3n) is 2.83. The Hall–Kier alpha value is -0.770. The van der Waals surface area contributed by atoms with E-state index >= 15 is 0 Å². The summed E-state index contributed by atoms with van der Waals surface area (Å²) >= 11 is 0. The Morgan fingerprint density at radius 3 is 2.14 bits per heavy atom. The van der Waals surface area contributed by atoms with Crippen LogP contribution in [0.5, 0.6) is 0 Å². The molecule has 4 heteroatoms. The number of amides is 1. The Balaban J connectivity index is 2.66. The van der Waals surface area contributed by atoms with E-state index in [9.17, 15) is 4.79 Å². The topological polar surface area (TPSA) is 60.8 Å². The summed E-state index contributed by atoms with van der Waals surface area (Å²) in [5.41, 5.74) is -0.539. The van der Waals surface area contributed by atoms with Gasteiger partial charge in [0, 0.05) is 17.5 Å². The van der Waals surface area contributed by atoms with Crippen LogP contribution in [0.2, 0.25) is 0 Å². The molecule has 1 aliphatic carbocycles. The van der Waals surface area contributed by atoms with E-state index in [1.807, 2.05) is 20.8 Å². The van der Waals surface area contributed by atoms with E-state index in [-0.39, 0.29) is 12.0 Å². The molecule has 0 aromatic carbocycles. The third-order valence-corrected chi connectivity index (χ3v) is 2.83. The van der Waals surface area contributed by atoms with Crippen LogP contribution in [0, 0.1) is 5.41 Å². The Bertz CT molecular complexity index is 228. The standard InChI is InChI=1S/C10H19NO3/c1-9(2,3)11(8(13)14)6-10(7-12)4-5-10/h12H,4-7H2,1-3H3,(H,13,14). The van der Waals surface area contributed by atoms with Crippen molar-refractivity contribution in [2.75, 3.05) is 13.2 Å². The maximum Gasteiger partial charge on any atom is 0.407 e. The van der Waals surface area contributed by atoms with Gasteiger partial charge in [-0.3, -0.25) is 0 Å². The van der Waals surface area contributed by atoms with Crippen molar-refractivity contribution in [1.82, 2.24) is 4.90 Å². The molecule has 0 saturated heterocycles. The molecule has 0 radical (unpaired) electrons. The highest BCUT2D eigenvalue weighted by Crippen LogP contribution is 2.46. The summed E-state index contributed by atoms with van der Waals surface area (Å²) < 4.78 is 0. The molecule has 1 amide bonds. The average molecular weight is 201 g/mol. The van der Waals surface area contributed by atoms with Crippen LogP contribution in [0.4, 0.5) is 4.79 Å². The van der Waals surface area contributed by atoms with Crippen molar-refractivity contribution >= 4 is 6.09 Å². The van der Waals surface area contributed by atoms with Gasteiger partial charge in [0.2, 0.25) is 0 Å². The van der Waals surface area contributed by atoms with Crippen molar-refractivity contribution in [3.63, 3.8) is 0 Å². The monoisotopic (exact) mass is 201 g/mol. The zero-order valence-electron chi connectivity index (χ0n) is 9.08. The van der Waals surface area contributed by atoms with Gasteiger partial charge in [0.25, 0.3) is 0 Å². The Kier molecular flexibility index (Phi) is 2.76. The van der Waals surface area contributed by atoms with E-state index in [2.05, 4.69) is 0 Å². The Morgan fingerprint density at radius 1 is 1.43 bits per heavy atom. The van der Waals surface area contributed by atoms with Gasteiger partial charge in [-0.2, -0.15) is 0 Å². The van der Waals surface area contributed by atoms with E-state index in [0.29, 0.717) is 6.54 Å². The molecule has 14 heavy (non-hydrogen) atoms. The molecule has 0 spiro atoms. The summed E-state index contributed by atoms with van der Waals surface area (Å²) in [7, 11) is 0. The van der Waals surface area contributed by atoms with Crippen molar-refractivity contribution in [2.24, 2.45) is 5.41 Å². The van der Waals surface area contributed by atoms with Crippen LogP contribution in [0.3, 0.4) is 0 Å². The first-order valence-corrected chi connectivity index (χ1v) is 4.92. The summed E-state index contributed by atoms with van der Waals surface area (Å²) in [5, 5.41) is 18.2. The summed E-state index contributed by atoms with van der Waals surface area (Å²) in [6.07, 6.45) is 0.962. The molecule has 0 aliphatic heterocycles. The largest absolute Gasteiger partial charge is 0.465 e. The van der Waals surface area contributed by atoms with Crippen LogP contribution in [-0.2, 0) is 0 Å². The lowest BCUT2D eigenvalue weighted by Crippen LogP contribution is -2.48. The number of hydrogen-bond donors (Lipinski definition) is 2. The van der Waals surface area contributed by atoms with Crippen molar-refractivity contribution in [3.05, 3.63) is 0 Å². The lowest BCUT2D eigenvalue weighted by atomic mass is 10.0. The molecule has 0 atom stereocenters. The van der Waals surface area contributed by atoms with Gasteiger partial charge in [0.1, 0.15) is 0 Å².